The fraction of sp³-hybridized carbons (Fsp3) is 0.133. The Kier molecular flexibility index (Phi) is 4.16. The van der Waals surface area contributed by atoms with Gasteiger partial charge in [0.15, 0.2) is 0 Å². The molecule has 3 rings (SSSR count). The number of rotatable bonds is 4. The monoisotopic (exact) mass is 335 g/mol. The van der Waals surface area contributed by atoms with Gasteiger partial charge in [-0.1, -0.05) is 6.07 Å². The minimum atomic E-state index is -0.733. The van der Waals surface area contributed by atoms with Gasteiger partial charge in [0, 0.05) is 12.1 Å². The molecule has 118 valence electrons. The molecule has 23 heavy (non-hydrogen) atoms. The molecule has 0 saturated heterocycles. The van der Waals surface area contributed by atoms with Gasteiger partial charge < -0.3 is 5.32 Å². The molecule has 0 bridgehead atoms. The first-order valence-corrected chi connectivity index (χ1v) is 7.56. The van der Waals surface area contributed by atoms with E-state index in [4.69, 9.17) is 0 Å². The fourth-order valence-corrected chi connectivity index (χ4v) is 2.83. The standard InChI is InChI=1S/C15H11F2N3O2S/c16-11-2-1-3-12(17)10(11)6-18-13(21)7-20-8-19-14-9(15(20)22)4-5-23-14/h1-5,8H,6-7H2,(H,18,21). The Morgan fingerprint density at radius 2 is 2.00 bits per heavy atom. The molecule has 1 amide bonds. The number of hydrogen-bond donors (Lipinski definition) is 1. The van der Waals surface area contributed by atoms with Crippen molar-refractivity contribution in [2.75, 3.05) is 0 Å². The molecule has 0 fully saturated rings. The van der Waals surface area contributed by atoms with Crippen LogP contribution in [0.15, 0.2) is 40.8 Å². The normalized spacial score (nSPS) is 10.9. The zero-order valence-electron chi connectivity index (χ0n) is 11.8. The summed E-state index contributed by atoms with van der Waals surface area (Å²) in [6.07, 6.45) is 1.28. The van der Waals surface area contributed by atoms with Crippen molar-refractivity contribution in [3.63, 3.8) is 0 Å². The summed E-state index contributed by atoms with van der Waals surface area (Å²) in [6, 6.07) is 5.11. The smallest absolute Gasteiger partial charge is 0.262 e. The van der Waals surface area contributed by atoms with Gasteiger partial charge in [0.05, 0.1) is 11.7 Å². The molecule has 0 saturated carbocycles. The Balaban J connectivity index is 1.71. The molecule has 8 heteroatoms. The van der Waals surface area contributed by atoms with Crippen LogP contribution in [0.5, 0.6) is 0 Å². The number of nitrogens with zero attached hydrogens (tertiary/aromatic N) is 2. The molecule has 0 aliphatic heterocycles. The number of nitrogens with one attached hydrogen (secondary N) is 1. The molecule has 0 atom stereocenters. The number of benzene rings is 1. The van der Waals surface area contributed by atoms with E-state index >= 15 is 0 Å². The molecule has 0 unspecified atom stereocenters. The summed E-state index contributed by atoms with van der Waals surface area (Å²) in [6.45, 7) is -0.562. The number of aromatic nitrogens is 2. The molecule has 5 nitrogen and oxygen atoms in total. The van der Waals surface area contributed by atoms with Crippen molar-refractivity contribution < 1.29 is 13.6 Å². The number of fused-ring (bicyclic) bond motifs is 1. The van der Waals surface area contributed by atoms with Crippen molar-refractivity contribution in [1.82, 2.24) is 14.9 Å². The van der Waals surface area contributed by atoms with E-state index in [-0.39, 0.29) is 24.2 Å². The summed E-state index contributed by atoms with van der Waals surface area (Å²) in [5.74, 6) is -2.00. The number of hydrogen-bond acceptors (Lipinski definition) is 4. The van der Waals surface area contributed by atoms with Crippen LogP contribution in [0.4, 0.5) is 8.78 Å². The minimum absolute atomic E-state index is 0.223. The van der Waals surface area contributed by atoms with Gasteiger partial charge in [-0.15, -0.1) is 11.3 Å². The molecule has 0 aliphatic carbocycles. The predicted octanol–water partition coefficient (Wildman–Crippen LogP) is 2.05. The fourth-order valence-electron chi connectivity index (χ4n) is 2.10. The van der Waals surface area contributed by atoms with Gasteiger partial charge in [0.2, 0.25) is 5.91 Å². The lowest BCUT2D eigenvalue weighted by molar-refractivity contribution is -0.121. The highest BCUT2D eigenvalue weighted by atomic mass is 32.1. The van der Waals surface area contributed by atoms with Crippen molar-refractivity contribution in [1.29, 1.82) is 0 Å². The van der Waals surface area contributed by atoms with E-state index in [0.717, 1.165) is 16.7 Å². The lowest BCUT2D eigenvalue weighted by atomic mass is 10.2. The maximum absolute atomic E-state index is 13.5. The zero-order valence-corrected chi connectivity index (χ0v) is 12.6. The molecular weight excluding hydrogens is 324 g/mol. The van der Waals surface area contributed by atoms with E-state index < -0.39 is 17.5 Å². The van der Waals surface area contributed by atoms with Crippen LogP contribution >= 0.6 is 11.3 Å². The molecule has 0 radical (unpaired) electrons. The first-order valence-electron chi connectivity index (χ1n) is 6.68. The van der Waals surface area contributed by atoms with Gasteiger partial charge in [-0.05, 0) is 23.6 Å². The van der Waals surface area contributed by atoms with E-state index in [2.05, 4.69) is 10.3 Å². The van der Waals surface area contributed by atoms with E-state index in [1.807, 2.05) is 0 Å². The summed E-state index contributed by atoms with van der Waals surface area (Å²) in [4.78, 5) is 28.7. The van der Waals surface area contributed by atoms with Crippen LogP contribution < -0.4 is 10.9 Å². The first-order chi connectivity index (χ1) is 11.1. The number of thiophene rings is 1. The summed E-state index contributed by atoms with van der Waals surface area (Å²) in [5, 5.41) is 4.57. The Morgan fingerprint density at radius 3 is 2.74 bits per heavy atom. The second kappa shape index (κ2) is 6.25. The highest BCUT2D eigenvalue weighted by Gasteiger charge is 2.12. The van der Waals surface area contributed by atoms with Crippen LogP contribution in [0.3, 0.4) is 0 Å². The lowest BCUT2D eigenvalue weighted by Crippen LogP contribution is -2.32. The lowest BCUT2D eigenvalue weighted by Gasteiger charge is -2.08. The second-order valence-corrected chi connectivity index (χ2v) is 5.69. The third-order valence-corrected chi connectivity index (χ3v) is 4.11. The Labute approximate surface area is 133 Å². The highest BCUT2D eigenvalue weighted by molar-refractivity contribution is 7.16. The van der Waals surface area contributed by atoms with Gasteiger partial charge in [0.1, 0.15) is 23.0 Å². The van der Waals surface area contributed by atoms with Crippen LogP contribution in [0.2, 0.25) is 0 Å². The van der Waals surface area contributed by atoms with E-state index in [9.17, 15) is 18.4 Å². The number of carbonyl (C=O) groups excluding carboxylic acids is 1. The van der Waals surface area contributed by atoms with E-state index in [1.165, 1.54) is 23.7 Å². The Bertz CT molecular complexity index is 916. The number of carbonyl (C=O) groups is 1. The highest BCUT2D eigenvalue weighted by Crippen LogP contribution is 2.13. The summed E-state index contributed by atoms with van der Waals surface area (Å²) >= 11 is 1.33. The summed E-state index contributed by atoms with van der Waals surface area (Å²) in [7, 11) is 0. The maximum atomic E-state index is 13.5. The van der Waals surface area contributed by atoms with E-state index in [0.29, 0.717) is 10.2 Å². The van der Waals surface area contributed by atoms with Crippen LogP contribution in [-0.2, 0) is 17.9 Å². The summed E-state index contributed by atoms with van der Waals surface area (Å²) in [5.41, 5.74) is -0.553. The van der Waals surface area contributed by atoms with Gasteiger partial charge in [0.25, 0.3) is 5.56 Å². The quantitative estimate of drug-likeness (QED) is 0.794. The molecule has 1 aromatic carbocycles. The first kappa shape index (κ1) is 15.3. The van der Waals surface area contributed by atoms with Crippen molar-refractivity contribution in [3.8, 4) is 0 Å². The molecular formula is C15H11F2N3O2S. The largest absolute Gasteiger partial charge is 0.350 e. The van der Waals surface area contributed by atoms with Gasteiger partial charge in [-0.3, -0.25) is 14.2 Å². The second-order valence-electron chi connectivity index (χ2n) is 4.79. The molecule has 0 aliphatic rings. The molecule has 0 spiro atoms. The molecule has 1 N–H and O–H groups in total. The topological polar surface area (TPSA) is 64.0 Å². The molecule has 2 heterocycles. The number of halogens is 2. The van der Waals surface area contributed by atoms with Crippen molar-refractivity contribution >= 4 is 27.5 Å². The number of amides is 1. The van der Waals surface area contributed by atoms with Crippen molar-refractivity contribution in [3.05, 3.63) is 63.5 Å². The van der Waals surface area contributed by atoms with Gasteiger partial charge >= 0.3 is 0 Å². The van der Waals surface area contributed by atoms with Crippen LogP contribution in [-0.4, -0.2) is 15.5 Å². The molecule has 3 aromatic rings. The van der Waals surface area contributed by atoms with E-state index in [1.54, 1.807) is 11.4 Å². The zero-order chi connectivity index (χ0) is 16.4. The predicted molar refractivity (Wildman–Crippen MR) is 82.1 cm³/mol. The van der Waals surface area contributed by atoms with Crippen LogP contribution in [0.25, 0.3) is 10.2 Å². The SMILES string of the molecule is O=C(Cn1cnc2sccc2c1=O)NCc1c(F)cccc1F. The Morgan fingerprint density at radius 1 is 1.26 bits per heavy atom. The van der Waals surface area contributed by atoms with Gasteiger partial charge in [-0.25, -0.2) is 13.8 Å². The van der Waals surface area contributed by atoms with Crippen molar-refractivity contribution in [2.45, 2.75) is 13.1 Å². The van der Waals surface area contributed by atoms with Crippen molar-refractivity contribution in [2.24, 2.45) is 0 Å². The minimum Gasteiger partial charge on any atom is -0.350 e. The van der Waals surface area contributed by atoms with Crippen LogP contribution in [0.1, 0.15) is 5.56 Å². The molecule has 2 aromatic heterocycles. The summed E-state index contributed by atoms with van der Waals surface area (Å²) < 4.78 is 28.1. The third-order valence-electron chi connectivity index (χ3n) is 3.29. The maximum Gasteiger partial charge on any atom is 0.262 e. The average Bonchev–Trinajstić information content (AvgIpc) is 2.99. The Hall–Kier alpha value is -2.61. The van der Waals surface area contributed by atoms with Crippen LogP contribution in [0, 0.1) is 11.6 Å². The third kappa shape index (κ3) is 3.11. The average molecular weight is 335 g/mol. The van der Waals surface area contributed by atoms with Gasteiger partial charge in [-0.2, -0.15) is 0 Å².